The third-order valence-electron chi connectivity index (χ3n) is 3.77. The summed E-state index contributed by atoms with van der Waals surface area (Å²) in [5, 5.41) is 9.56. The van der Waals surface area contributed by atoms with Crippen molar-refractivity contribution in [3.8, 4) is 0 Å². The first-order valence-corrected chi connectivity index (χ1v) is 6.56. The normalized spacial score (nSPS) is 18.1. The first-order chi connectivity index (χ1) is 7.79. The van der Waals surface area contributed by atoms with Crippen LogP contribution in [0.5, 0.6) is 0 Å². The lowest BCUT2D eigenvalue weighted by atomic mass is 9.79. The molecule has 16 heavy (non-hydrogen) atoms. The number of aliphatic hydroxyl groups is 1. The number of hydrogen-bond acceptors (Lipinski definition) is 1. The predicted molar refractivity (Wildman–Crippen MR) is 67.7 cm³/mol. The second-order valence-corrected chi connectivity index (χ2v) is 4.97. The monoisotopic (exact) mass is 218 g/mol. The highest BCUT2D eigenvalue weighted by Gasteiger charge is 2.19. The van der Waals surface area contributed by atoms with E-state index in [1.165, 1.54) is 30.4 Å². The van der Waals surface area contributed by atoms with Gasteiger partial charge in [-0.05, 0) is 49.1 Å². The summed E-state index contributed by atoms with van der Waals surface area (Å²) in [7, 11) is 0. The molecule has 1 unspecified atom stereocenters. The van der Waals surface area contributed by atoms with Crippen LogP contribution in [0.2, 0.25) is 0 Å². The molecule has 0 saturated heterocycles. The lowest BCUT2D eigenvalue weighted by Crippen LogP contribution is -2.09. The van der Waals surface area contributed by atoms with E-state index in [-0.39, 0.29) is 6.10 Å². The van der Waals surface area contributed by atoms with Gasteiger partial charge in [0.05, 0.1) is 6.10 Å². The van der Waals surface area contributed by atoms with Gasteiger partial charge in [0.25, 0.3) is 0 Å². The van der Waals surface area contributed by atoms with E-state index in [1.54, 1.807) is 0 Å². The van der Waals surface area contributed by atoms with E-state index in [1.807, 2.05) is 6.92 Å². The van der Waals surface area contributed by atoms with Gasteiger partial charge in [0.1, 0.15) is 0 Å². The van der Waals surface area contributed by atoms with E-state index in [0.717, 1.165) is 25.2 Å². The lowest BCUT2D eigenvalue weighted by molar-refractivity contribution is 0.160. The van der Waals surface area contributed by atoms with Crippen molar-refractivity contribution >= 4 is 0 Å². The summed E-state index contributed by atoms with van der Waals surface area (Å²) in [4.78, 5) is 0. The Labute approximate surface area is 98.5 Å². The summed E-state index contributed by atoms with van der Waals surface area (Å²) < 4.78 is 0. The number of hydrogen-bond donors (Lipinski definition) is 1. The fourth-order valence-corrected chi connectivity index (χ4v) is 2.28. The zero-order valence-electron chi connectivity index (χ0n) is 10.2. The molecule has 0 spiro atoms. The molecule has 1 heteroatoms. The molecule has 88 valence electrons. The molecular formula is C15H22O. The Balaban J connectivity index is 1.93. The van der Waals surface area contributed by atoms with E-state index >= 15 is 0 Å². The summed E-state index contributed by atoms with van der Waals surface area (Å²) >= 11 is 0. The van der Waals surface area contributed by atoms with E-state index in [9.17, 15) is 5.11 Å². The second kappa shape index (κ2) is 5.49. The summed E-state index contributed by atoms with van der Waals surface area (Å²) in [6.45, 7) is 2.04. The zero-order chi connectivity index (χ0) is 11.4. The quantitative estimate of drug-likeness (QED) is 0.799. The molecule has 1 aliphatic rings. The van der Waals surface area contributed by atoms with Crippen molar-refractivity contribution in [2.24, 2.45) is 0 Å². The summed E-state index contributed by atoms with van der Waals surface area (Å²) in [6, 6.07) is 8.95. The van der Waals surface area contributed by atoms with Gasteiger partial charge in [0, 0.05) is 0 Å². The average Bonchev–Trinajstić information content (AvgIpc) is 2.24. The topological polar surface area (TPSA) is 20.2 Å². The van der Waals surface area contributed by atoms with Crippen molar-refractivity contribution in [3.05, 3.63) is 35.4 Å². The van der Waals surface area contributed by atoms with Crippen molar-refractivity contribution in [1.29, 1.82) is 0 Å². The van der Waals surface area contributed by atoms with Crippen molar-refractivity contribution in [3.63, 3.8) is 0 Å². The maximum atomic E-state index is 9.56. The number of aliphatic hydroxyl groups excluding tert-OH is 1. The van der Waals surface area contributed by atoms with Crippen LogP contribution in [0.3, 0.4) is 0 Å². The van der Waals surface area contributed by atoms with Gasteiger partial charge >= 0.3 is 0 Å². The predicted octanol–water partition coefficient (Wildman–Crippen LogP) is 3.66. The highest BCUT2D eigenvalue weighted by molar-refractivity contribution is 5.27. The van der Waals surface area contributed by atoms with Gasteiger partial charge < -0.3 is 5.11 Å². The Morgan fingerprint density at radius 2 is 2.19 bits per heavy atom. The molecule has 2 rings (SSSR count). The minimum Gasteiger partial charge on any atom is -0.393 e. The molecule has 1 N–H and O–H groups in total. The highest BCUT2D eigenvalue weighted by atomic mass is 16.3. The van der Waals surface area contributed by atoms with Crippen LogP contribution in [0.15, 0.2) is 24.3 Å². The van der Waals surface area contributed by atoms with Crippen molar-refractivity contribution in [2.45, 2.75) is 57.5 Å². The van der Waals surface area contributed by atoms with Crippen LogP contribution in [0.4, 0.5) is 0 Å². The number of aryl methyl sites for hydroxylation is 1. The first kappa shape index (κ1) is 11.7. The minimum absolute atomic E-state index is 0.132. The van der Waals surface area contributed by atoms with Gasteiger partial charge in [-0.25, -0.2) is 0 Å². The van der Waals surface area contributed by atoms with E-state index in [0.29, 0.717) is 0 Å². The van der Waals surface area contributed by atoms with Crippen LogP contribution >= 0.6 is 0 Å². The lowest BCUT2D eigenvalue weighted by Gasteiger charge is -2.26. The van der Waals surface area contributed by atoms with Gasteiger partial charge in [-0.2, -0.15) is 0 Å². The molecule has 0 aromatic heterocycles. The van der Waals surface area contributed by atoms with Crippen LogP contribution in [0.1, 0.15) is 56.1 Å². The second-order valence-electron chi connectivity index (χ2n) is 4.97. The molecule has 0 aliphatic heterocycles. The van der Waals surface area contributed by atoms with Crippen LogP contribution < -0.4 is 0 Å². The van der Waals surface area contributed by atoms with Crippen LogP contribution in [0, 0.1) is 0 Å². The van der Waals surface area contributed by atoms with Crippen LogP contribution in [-0.4, -0.2) is 11.2 Å². The first-order valence-electron chi connectivity index (χ1n) is 6.56. The van der Waals surface area contributed by atoms with Gasteiger partial charge in [0.2, 0.25) is 0 Å². The Hall–Kier alpha value is -0.820. The molecule has 1 atom stereocenters. The van der Waals surface area contributed by atoms with Crippen molar-refractivity contribution in [1.82, 2.24) is 0 Å². The molecule has 1 aromatic rings. The zero-order valence-corrected chi connectivity index (χ0v) is 10.2. The van der Waals surface area contributed by atoms with Gasteiger partial charge in [-0.1, -0.05) is 37.6 Å². The van der Waals surface area contributed by atoms with E-state index in [4.69, 9.17) is 0 Å². The van der Waals surface area contributed by atoms with Crippen LogP contribution in [-0.2, 0) is 6.42 Å². The average molecular weight is 218 g/mol. The summed E-state index contributed by atoms with van der Waals surface area (Å²) in [5.41, 5.74) is 2.90. The Morgan fingerprint density at radius 3 is 2.81 bits per heavy atom. The summed E-state index contributed by atoms with van der Waals surface area (Å²) in [6.07, 6.45) is 6.75. The highest BCUT2D eigenvalue weighted by Crippen LogP contribution is 2.36. The van der Waals surface area contributed by atoms with Gasteiger partial charge in [-0.15, -0.1) is 0 Å². The van der Waals surface area contributed by atoms with E-state index in [2.05, 4.69) is 24.3 Å². The molecule has 0 amide bonds. The Morgan fingerprint density at radius 1 is 1.38 bits per heavy atom. The van der Waals surface area contributed by atoms with Gasteiger partial charge in [-0.3, -0.25) is 0 Å². The van der Waals surface area contributed by atoms with Crippen LogP contribution in [0.25, 0.3) is 0 Å². The Bertz CT molecular complexity index is 328. The maximum absolute atomic E-state index is 9.56. The molecule has 0 heterocycles. The smallest absolute Gasteiger partial charge is 0.0540 e. The molecule has 1 saturated carbocycles. The fraction of sp³-hybridized carbons (Fsp3) is 0.600. The number of benzene rings is 1. The SMILES string of the molecule is CCC(O)CCc1cccc(C2CCC2)c1. The summed E-state index contributed by atoms with van der Waals surface area (Å²) in [5.74, 6) is 0.816. The van der Waals surface area contributed by atoms with E-state index < -0.39 is 0 Å². The molecule has 1 aliphatic carbocycles. The Kier molecular flexibility index (Phi) is 4.00. The molecule has 0 radical (unpaired) electrons. The molecule has 1 nitrogen and oxygen atoms in total. The largest absolute Gasteiger partial charge is 0.393 e. The minimum atomic E-state index is -0.132. The van der Waals surface area contributed by atoms with Gasteiger partial charge in [0.15, 0.2) is 0 Å². The third-order valence-corrected chi connectivity index (χ3v) is 3.77. The molecule has 1 fully saturated rings. The number of rotatable bonds is 5. The third kappa shape index (κ3) is 2.85. The van der Waals surface area contributed by atoms with Crippen molar-refractivity contribution < 1.29 is 5.11 Å². The maximum Gasteiger partial charge on any atom is 0.0540 e. The molecule has 1 aromatic carbocycles. The molecular weight excluding hydrogens is 196 g/mol. The standard InChI is InChI=1S/C15H22O/c1-2-15(16)10-9-12-5-3-8-14(11-12)13-6-4-7-13/h3,5,8,11,13,15-16H,2,4,6-7,9-10H2,1H3. The van der Waals surface area contributed by atoms with Crippen molar-refractivity contribution in [2.75, 3.05) is 0 Å². The fourth-order valence-electron chi connectivity index (χ4n) is 2.28. The molecule has 0 bridgehead atoms.